The van der Waals surface area contributed by atoms with Gasteiger partial charge in [0.1, 0.15) is 18.0 Å². The van der Waals surface area contributed by atoms with Crippen molar-refractivity contribution in [3.05, 3.63) is 54.1 Å². The van der Waals surface area contributed by atoms with E-state index in [1.165, 1.54) is 0 Å². The van der Waals surface area contributed by atoms with Gasteiger partial charge in [-0.15, -0.1) is 10.2 Å². The molecule has 216 valence electrons. The number of hydrogen-bond acceptors (Lipinski definition) is 9. The molecule has 0 bridgehead atoms. The predicted octanol–water partition coefficient (Wildman–Crippen LogP) is 3.22. The Kier molecular flexibility index (Phi) is 8.42. The summed E-state index contributed by atoms with van der Waals surface area (Å²) in [6.07, 6.45) is 0. The molecule has 0 atom stereocenters. The van der Waals surface area contributed by atoms with Crippen molar-refractivity contribution in [2.45, 2.75) is 20.4 Å². The van der Waals surface area contributed by atoms with E-state index in [1.807, 2.05) is 62.4 Å². The SMILES string of the molecule is COc1ccc(-c2ccc(N3CCN(C(=O)CN(Cc4ccc5c(c4)OCO5)C(=O)C(C)C)CC3)nn2)c(OC)c1. The summed E-state index contributed by atoms with van der Waals surface area (Å²) in [5.74, 6) is 3.06. The Morgan fingerprint density at radius 2 is 1.71 bits per heavy atom. The minimum atomic E-state index is -0.229. The predicted molar refractivity (Wildman–Crippen MR) is 152 cm³/mol. The van der Waals surface area contributed by atoms with E-state index in [0.29, 0.717) is 61.4 Å². The molecule has 2 aliphatic heterocycles. The number of ether oxygens (including phenoxy) is 4. The molecule has 41 heavy (non-hydrogen) atoms. The van der Waals surface area contributed by atoms with Crippen molar-refractivity contribution in [3.8, 4) is 34.3 Å². The largest absolute Gasteiger partial charge is 0.497 e. The number of amides is 2. The summed E-state index contributed by atoms with van der Waals surface area (Å²) in [6, 6.07) is 15.0. The Hall–Kier alpha value is -4.54. The van der Waals surface area contributed by atoms with Gasteiger partial charge in [0.2, 0.25) is 18.6 Å². The third-order valence-corrected chi connectivity index (χ3v) is 7.23. The molecule has 0 unspecified atom stereocenters. The van der Waals surface area contributed by atoms with Crippen molar-refractivity contribution in [3.63, 3.8) is 0 Å². The summed E-state index contributed by atoms with van der Waals surface area (Å²) in [4.78, 5) is 31.8. The van der Waals surface area contributed by atoms with Crippen LogP contribution in [0.3, 0.4) is 0 Å². The standard InChI is InChI=1S/C30H35N5O6/c1-20(2)30(37)35(17-21-5-9-25-27(15-21)41-19-40-25)18-29(36)34-13-11-33(12-14-34)28-10-8-24(31-32-28)23-7-6-22(38-3)16-26(23)39-4/h5-10,15-16,20H,11-14,17-19H2,1-4H3. The number of rotatable bonds is 9. The van der Waals surface area contributed by atoms with Gasteiger partial charge in [-0.3, -0.25) is 9.59 Å². The number of aromatic nitrogens is 2. The molecule has 0 N–H and O–H groups in total. The van der Waals surface area contributed by atoms with Crippen LogP contribution >= 0.6 is 0 Å². The minimum Gasteiger partial charge on any atom is -0.497 e. The Balaban J connectivity index is 1.19. The molecular weight excluding hydrogens is 526 g/mol. The first-order valence-electron chi connectivity index (χ1n) is 13.6. The topological polar surface area (TPSA) is 107 Å². The molecule has 2 amide bonds. The first kappa shape index (κ1) is 28.0. The molecule has 0 radical (unpaired) electrons. The molecule has 3 heterocycles. The van der Waals surface area contributed by atoms with Crippen molar-refractivity contribution in [1.82, 2.24) is 20.0 Å². The third kappa shape index (κ3) is 6.29. The molecule has 2 aromatic carbocycles. The maximum absolute atomic E-state index is 13.3. The maximum Gasteiger partial charge on any atom is 0.242 e. The average Bonchev–Trinajstić information content (AvgIpc) is 3.48. The number of nitrogens with zero attached hydrogens (tertiary/aromatic N) is 5. The van der Waals surface area contributed by atoms with Crippen LogP contribution in [-0.4, -0.2) is 85.5 Å². The summed E-state index contributed by atoms with van der Waals surface area (Å²) >= 11 is 0. The van der Waals surface area contributed by atoms with Gasteiger partial charge in [0.25, 0.3) is 0 Å². The second kappa shape index (κ2) is 12.3. The van der Waals surface area contributed by atoms with Crippen LogP contribution < -0.4 is 23.8 Å². The first-order chi connectivity index (χ1) is 19.9. The fourth-order valence-electron chi connectivity index (χ4n) is 4.93. The van der Waals surface area contributed by atoms with Gasteiger partial charge in [-0.25, -0.2) is 0 Å². The normalized spacial score (nSPS) is 14.3. The lowest BCUT2D eigenvalue weighted by atomic mass is 10.1. The summed E-state index contributed by atoms with van der Waals surface area (Å²) < 4.78 is 21.6. The molecule has 0 saturated carbocycles. The van der Waals surface area contributed by atoms with Gasteiger partial charge in [0, 0.05) is 50.3 Å². The second-order valence-corrected chi connectivity index (χ2v) is 10.2. The lowest BCUT2D eigenvalue weighted by Crippen LogP contribution is -2.52. The number of anilines is 1. The van der Waals surface area contributed by atoms with Crippen molar-refractivity contribution in [1.29, 1.82) is 0 Å². The molecule has 3 aromatic rings. The van der Waals surface area contributed by atoms with Crippen LogP contribution in [-0.2, 0) is 16.1 Å². The number of fused-ring (bicyclic) bond motifs is 1. The van der Waals surface area contributed by atoms with Gasteiger partial charge >= 0.3 is 0 Å². The van der Waals surface area contributed by atoms with Gasteiger partial charge in [-0.05, 0) is 42.0 Å². The maximum atomic E-state index is 13.3. The zero-order valence-electron chi connectivity index (χ0n) is 23.8. The van der Waals surface area contributed by atoms with Crippen LogP contribution in [0.25, 0.3) is 11.3 Å². The lowest BCUT2D eigenvalue weighted by molar-refractivity contribution is -0.143. The molecule has 1 saturated heterocycles. The van der Waals surface area contributed by atoms with E-state index in [4.69, 9.17) is 18.9 Å². The van der Waals surface area contributed by atoms with E-state index in [2.05, 4.69) is 15.1 Å². The van der Waals surface area contributed by atoms with Crippen LogP contribution in [0.4, 0.5) is 5.82 Å². The Morgan fingerprint density at radius 3 is 2.39 bits per heavy atom. The minimum absolute atomic E-state index is 0.0175. The van der Waals surface area contributed by atoms with Gasteiger partial charge in [0.05, 0.1) is 19.9 Å². The molecule has 1 aromatic heterocycles. The highest BCUT2D eigenvalue weighted by Gasteiger charge is 2.27. The number of methoxy groups -OCH3 is 2. The van der Waals surface area contributed by atoms with Gasteiger partial charge in [-0.1, -0.05) is 19.9 Å². The second-order valence-electron chi connectivity index (χ2n) is 10.2. The first-order valence-corrected chi connectivity index (χ1v) is 13.6. The Bertz CT molecular complexity index is 1390. The molecule has 0 aliphatic carbocycles. The summed E-state index contributed by atoms with van der Waals surface area (Å²) in [6.45, 7) is 6.50. The van der Waals surface area contributed by atoms with E-state index in [1.54, 1.807) is 24.0 Å². The molecule has 1 fully saturated rings. The lowest BCUT2D eigenvalue weighted by Gasteiger charge is -2.36. The average molecular weight is 562 g/mol. The highest BCUT2D eigenvalue weighted by Crippen LogP contribution is 2.34. The molecule has 0 spiro atoms. The van der Waals surface area contributed by atoms with Crippen LogP contribution in [0.15, 0.2) is 48.5 Å². The van der Waals surface area contributed by atoms with Crippen molar-refractivity contribution < 1.29 is 28.5 Å². The fraction of sp³-hybridized carbons (Fsp3) is 0.400. The Labute approximate surface area is 239 Å². The smallest absolute Gasteiger partial charge is 0.242 e. The van der Waals surface area contributed by atoms with E-state index in [-0.39, 0.29) is 31.1 Å². The van der Waals surface area contributed by atoms with Crippen molar-refractivity contribution in [2.75, 3.05) is 58.6 Å². The quantitative estimate of drug-likeness (QED) is 0.389. The molecule has 5 rings (SSSR count). The zero-order valence-corrected chi connectivity index (χ0v) is 23.8. The zero-order chi connectivity index (χ0) is 28.9. The summed E-state index contributed by atoms with van der Waals surface area (Å²) in [5.41, 5.74) is 2.40. The van der Waals surface area contributed by atoms with E-state index < -0.39 is 0 Å². The number of hydrogen-bond donors (Lipinski definition) is 0. The van der Waals surface area contributed by atoms with Crippen LogP contribution in [0.5, 0.6) is 23.0 Å². The van der Waals surface area contributed by atoms with Crippen molar-refractivity contribution >= 4 is 17.6 Å². The number of benzene rings is 2. The Morgan fingerprint density at radius 1 is 0.927 bits per heavy atom. The number of carbonyl (C=O) groups excluding carboxylic acids is 2. The monoisotopic (exact) mass is 561 g/mol. The third-order valence-electron chi connectivity index (χ3n) is 7.23. The molecular formula is C30H35N5O6. The van der Waals surface area contributed by atoms with Gasteiger partial charge in [0.15, 0.2) is 17.3 Å². The summed E-state index contributed by atoms with van der Waals surface area (Å²) in [7, 11) is 3.22. The number of piperazine rings is 1. The molecule has 2 aliphatic rings. The van der Waals surface area contributed by atoms with E-state index in [9.17, 15) is 9.59 Å². The highest BCUT2D eigenvalue weighted by atomic mass is 16.7. The van der Waals surface area contributed by atoms with Crippen LogP contribution in [0, 0.1) is 5.92 Å². The van der Waals surface area contributed by atoms with Crippen molar-refractivity contribution in [2.24, 2.45) is 5.92 Å². The number of carbonyl (C=O) groups is 2. The van der Waals surface area contributed by atoms with Gasteiger partial charge in [-0.2, -0.15) is 0 Å². The van der Waals surface area contributed by atoms with E-state index >= 15 is 0 Å². The fourth-order valence-corrected chi connectivity index (χ4v) is 4.93. The van der Waals surface area contributed by atoms with Crippen LogP contribution in [0.2, 0.25) is 0 Å². The van der Waals surface area contributed by atoms with Crippen LogP contribution in [0.1, 0.15) is 19.4 Å². The van der Waals surface area contributed by atoms with Gasteiger partial charge < -0.3 is 33.6 Å². The highest BCUT2D eigenvalue weighted by molar-refractivity contribution is 5.86. The molecule has 11 nitrogen and oxygen atoms in total. The molecule has 11 heteroatoms. The summed E-state index contributed by atoms with van der Waals surface area (Å²) in [5, 5.41) is 8.87. The van der Waals surface area contributed by atoms with E-state index in [0.717, 1.165) is 16.9 Å².